The average molecular weight is 718 g/mol. The Hall–Kier alpha value is -3.69. The van der Waals surface area contributed by atoms with Crippen LogP contribution in [0.15, 0.2) is 82.6 Å². The number of methoxy groups -OCH3 is 1. The maximum absolute atomic E-state index is 14.4. The molecule has 0 saturated carbocycles. The highest BCUT2D eigenvalue weighted by Crippen LogP contribution is 2.30. The number of hydrogen-bond acceptors (Lipinski definition) is 9. The predicted octanol–water partition coefficient (Wildman–Crippen LogP) is 4.61. The summed E-state index contributed by atoms with van der Waals surface area (Å²) in [5.41, 5.74) is 0.270. The van der Waals surface area contributed by atoms with Crippen LogP contribution in [0.2, 0.25) is 0 Å². The maximum Gasteiger partial charge on any atom is 0.261 e. The van der Waals surface area contributed by atoms with Crippen molar-refractivity contribution in [1.82, 2.24) is 9.21 Å². The standard InChI is InChI=1S/C35H47N3O9S2/c1-25-22-38(26(2)24-39)35(40)32-21-28(36-48(41,42)30-17-15-29(45-5)16-18-30)14-19-33(32)47-27(3)11-9-10-20-46-34(25)23-37(4)49(43,44)31-12-7-6-8-13-31/h6-8,12-19,21,25-27,34,36,39H,9-11,20,22-24H2,1-5H3/t25-,26+,27-,34-/m0/s1. The van der Waals surface area contributed by atoms with Gasteiger partial charge >= 0.3 is 0 Å². The molecule has 1 aliphatic heterocycles. The number of likely N-dealkylation sites (N-methyl/N-ethyl adjacent to an activating group) is 1. The fourth-order valence-corrected chi connectivity index (χ4v) is 7.80. The van der Waals surface area contributed by atoms with Gasteiger partial charge in [-0.05, 0) is 87.7 Å². The van der Waals surface area contributed by atoms with Crippen LogP contribution in [0, 0.1) is 5.92 Å². The summed E-state index contributed by atoms with van der Waals surface area (Å²) in [6.45, 7) is 5.67. The molecule has 12 nitrogen and oxygen atoms in total. The first-order chi connectivity index (χ1) is 23.3. The predicted molar refractivity (Wildman–Crippen MR) is 187 cm³/mol. The smallest absolute Gasteiger partial charge is 0.261 e. The number of nitrogens with zero attached hydrogens (tertiary/aromatic N) is 2. The molecule has 4 rings (SSSR count). The fraction of sp³-hybridized carbons (Fsp3) is 0.457. The number of nitrogens with one attached hydrogen (secondary N) is 1. The molecule has 0 radical (unpaired) electrons. The van der Waals surface area contributed by atoms with Gasteiger partial charge < -0.3 is 24.2 Å². The number of amides is 1. The number of benzene rings is 3. The molecule has 1 aliphatic rings. The van der Waals surface area contributed by atoms with Crippen LogP contribution in [0.25, 0.3) is 0 Å². The third kappa shape index (κ3) is 9.73. The summed E-state index contributed by atoms with van der Waals surface area (Å²) in [5, 5.41) is 10.2. The third-order valence-electron chi connectivity index (χ3n) is 8.56. The quantitative estimate of drug-likeness (QED) is 0.306. The lowest BCUT2D eigenvalue weighted by Gasteiger charge is -2.35. The molecule has 2 N–H and O–H groups in total. The Labute approximate surface area is 290 Å². The zero-order valence-corrected chi connectivity index (χ0v) is 30.2. The summed E-state index contributed by atoms with van der Waals surface area (Å²) in [6.07, 6.45) is 1.26. The summed E-state index contributed by atoms with van der Waals surface area (Å²) >= 11 is 0. The number of ether oxygens (including phenoxy) is 3. The molecular weight excluding hydrogens is 671 g/mol. The molecule has 0 saturated heterocycles. The van der Waals surface area contributed by atoms with Crippen molar-refractivity contribution in [2.75, 3.05) is 45.2 Å². The monoisotopic (exact) mass is 717 g/mol. The number of carbonyl (C=O) groups is 1. The highest BCUT2D eigenvalue weighted by Gasteiger charge is 2.32. The van der Waals surface area contributed by atoms with E-state index in [0.29, 0.717) is 25.2 Å². The van der Waals surface area contributed by atoms with E-state index in [1.807, 2.05) is 13.8 Å². The van der Waals surface area contributed by atoms with E-state index in [-0.39, 0.29) is 58.5 Å². The molecule has 0 unspecified atom stereocenters. The molecule has 0 aromatic heterocycles. The van der Waals surface area contributed by atoms with Gasteiger partial charge in [0.25, 0.3) is 15.9 Å². The van der Waals surface area contributed by atoms with Crippen molar-refractivity contribution in [2.45, 2.75) is 68.1 Å². The second-order valence-electron chi connectivity index (χ2n) is 12.4. The van der Waals surface area contributed by atoms with Crippen molar-refractivity contribution in [3.8, 4) is 11.5 Å². The van der Waals surface area contributed by atoms with Gasteiger partial charge in [-0.1, -0.05) is 25.1 Å². The van der Waals surface area contributed by atoms with E-state index in [0.717, 1.165) is 6.42 Å². The van der Waals surface area contributed by atoms with Crippen molar-refractivity contribution in [3.05, 3.63) is 78.4 Å². The molecule has 1 heterocycles. The molecule has 0 spiro atoms. The molecule has 0 bridgehead atoms. The third-order valence-corrected chi connectivity index (χ3v) is 11.8. The second-order valence-corrected chi connectivity index (χ2v) is 16.1. The Morgan fingerprint density at radius 3 is 2.35 bits per heavy atom. The SMILES string of the molecule is COc1ccc(S(=O)(=O)Nc2ccc3c(c2)C(=O)N([C@H](C)CO)C[C@H](C)[C@H](CN(C)S(=O)(=O)c2ccccc2)OCCCC[C@H](C)O3)cc1. The first-order valence-electron chi connectivity index (χ1n) is 16.3. The van der Waals surface area contributed by atoms with Gasteiger partial charge in [-0.25, -0.2) is 16.8 Å². The zero-order chi connectivity index (χ0) is 35.8. The van der Waals surface area contributed by atoms with Crippen LogP contribution in [0.1, 0.15) is 50.4 Å². The molecule has 49 heavy (non-hydrogen) atoms. The zero-order valence-electron chi connectivity index (χ0n) is 28.6. The van der Waals surface area contributed by atoms with Gasteiger partial charge in [0, 0.05) is 38.3 Å². The minimum Gasteiger partial charge on any atom is -0.497 e. The Kier molecular flexibility index (Phi) is 13.1. The van der Waals surface area contributed by atoms with Gasteiger partial charge in [-0.15, -0.1) is 0 Å². The van der Waals surface area contributed by atoms with Gasteiger partial charge in [0.2, 0.25) is 10.0 Å². The number of anilines is 1. The number of carbonyl (C=O) groups excluding carboxylic acids is 1. The number of sulfonamides is 2. The van der Waals surface area contributed by atoms with Crippen molar-refractivity contribution in [3.63, 3.8) is 0 Å². The Balaban J connectivity index is 1.67. The van der Waals surface area contributed by atoms with Crippen LogP contribution in [0.3, 0.4) is 0 Å². The minimum absolute atomic E-state index is 0.0132. The highest BCUT2D eigenvalue weighted by atomic mass is 32.2. The molecular formula is C35H47N3O9S2. The lowest BCUT2D eigenvalue weighted by molar-refractivity contribution is -0.00833. The summed E-state index contributed by atoms with van der Waals surface area (Å²) in [5.74, 6) is -0.0608. The fourth-order valence-electron chi connectivity index (χ4n) is 5.54. The number of fused-ring (bicyclic) bond motifs is 1. The molecule has 0 fully saturated rings. The number of hydrogen-bond donors (Lipinski definition) is 2. The summed E-state index contributed by atoms with van der Waals surface area (Å²) in [4.78, 5) is 16.1. The molecule has 1 amide bonds. The van der Waals surface area contributed by atoms with Gasteiger partial charge in [0.15, 0.2) is 0 Å². The summed E-state index contributed by atoms with van der Waals surface area (Å²) in [7, 11) is -4.83. The molecule has 0 aliphatic carbocycles. The Morgan fingerprint density at radius 2 is 1.69 bits per heavy atom. The van der Waals surface area contributed by atoms with Crippen LogP contribution >= 0.6 is 0 Å². The van der Waals surface area contributed by atoms with E-state index in [1.165, 1.54) is 53.7 Å². The first-order valence-corrected chi connectivity index (χ1v) is 19.2. The second kappa shape index (κ2) is 16.8. The Bertz CT molecular complexity index is 1750. The number of aliphatic hydroxyl groups is 1. The topological polar surface area (TPSA) is 152 Å². The van der Waals surface area contributed by atoms with Crippen molar-refractivity contribution in [1.29, 1.82) is 0 Å². The van der Waals surface area contributed by atoms with E-state index in [1.54, 1.807) is 49.4 Å². The van der Waals surface area contributed by atoms with Gasteiger partial charge in [0.1, 0.15) is 11.5 Å². The van der Waals surface area contributed by atoms with E-state index < -0.39 is 38.1 Å². The van der Waals surface area contributed by atoms with Gasteiger partial charge in [-0.2, -0.15) is 4.31 Å². The van der Waals surface area contributed by atoms with E-state index >= 15 is 0 Å². The van der Waals surface area contributed by atoms with Gasteiger partial charge in [-0.3, -0.25) is 9.52 Å². The molecule has 3 aromatic carbocycles. The summed E-state index contributed by atoms with van der Waals surface area (Å²) in [6, 6.07) is 18.0. The molecule has 3 aromatic rings. The van der Waals surface area contributed by atoms with Crippen molar-refractivity contribution in [2.24, 2.45) is 5.92 Å². The van der Waals surface area contributed by atoms with Crippen molar-refractivity contribution < 1.29 is 40.9 Å². The van der Waals surface area contributed by atoms with E-state index in [4.69, 9.17) is 14.2 Å². The van der Waals surface area contributed by atoms with E-state index in [9.17, 15) is 26.7 Å². The molecule has 4 atom stereocenters. The minimum atomic E-state index is -4.02. The highest BCUT2D eigenvalue weighted by molar-refractivity contribution is 7.92. The van der Waals surface area contributed by atoms with Crippen LogP contribution in [0.4, 0.5) is 5.69 Å². The lowest BCUT2D eigenvalue weighted by atomic mass is 10.0. The number of aliphatic hydroxyl groups excluding tert-OH is 1. The van der Waals surface area contributed by atoms with Crippen LogP contribution in [-0.4, -0.2) is 95.8 Å². The van der Waals surface area contributed by atoms with Crippen molar-refractivity contribution >= 4 is 31.6 Å². The normalized spacial score (nSPS) is 20.5. The molecule has 14 heteroatoms. The van der Waals surface area contributed by atoms with E-state index in [2.05, 4.69) is 4.72 Å². The largest absolute Gasteiger partial charge is 0.497 e. The van der Waals surface area contributed by atoms with Crippen LogP contribution in [0.5, 0.6) is 11.5 Å². The van der Waals surface area contributed by atoms with Crippen LogP contribution in [-0.2, 0) is 24.8 Å². The lowest BCUT2D eigenvalue weighted by Crippen LogP contribution is -2.48. The number of rotatable bonds is 10. The van der Waals surface area contributed by atoms with Crippen LogP contribution < -0.4 is 14.2 Å². The van der Waals surface area contributed by atoms with Gasteiger partial charge in [0.05, 0.1) is 47.3 Å². The summed E-state index contributed by atoms with van der Waals surface area (Å²) < 4.78 is 74.7. The molecule has 268 valence electrons. The average Bonchev–Trinajstić information content (AvgIpc) is 3.09. The first kappa shape index (κ1) is 38.1. The Morgan fingerprint density at radius 1 is 1.00 bits per heavy atom. The maximum atomic E-state index is 14.4.